The lowest BCUT2D eigenvalue weighted by Gasteiger charge is -2.07. The van der Waals surface area contributed by atoms with Gasteiger partial charge in [0, 0.05) is 12.6 Å². The third-order valence-electron chi connectivity index (χ3n) is 3.81. The van der Waals surface area contributed by atoms with E-state index in [2.05, 4.69) is 10.6 Å². The molecule has 0 aliphatic rings. The van der Waals surface area contributed by atoms with Gasteiger partial charge in [-0.15, -0.1) is 0 Å². The van der Waals surface area contributed by atoms with E-state index in [-0.39, 0.29) is 47.5 Å². The Balaban J connectivity index is 2.19. The van der Waals surface area contributed by atoms with E-state index in [1.807, 2.05) is 0 Å². The van der Waals surface area contributed by atoms with E-state index in [0.29, 0.717) is 11.3 Å². The second kappa shape index (κ2) is 8.98. The predicted molar refractivity (Wildman–Crippen MR) is 102 cm³/mol. The fraction of sp³-hybridized carbons (Fsp3) is 0.300. The molecule has 1 aromatic heterocycles. The van der Waals surface area contributed by atoms with Crippen LogP contribution in [0.4, 0.5) is 11.6 Å². The second-order valence-electron chi connectivity index (χ2n) is 6.12. The summed E-state index contributed by atoms with van der Waals surface area (Å²) in [5.41, 5.74) is 1.32. The Labute approximate surface area is 162 Å². The van der Waals surface area contributed by atoms with Crippen LogP contribution in [-0.2, 0) is 20.7 Å². The molecule has 28 heavy (non-hydrogen) atoms. The molecule has 0 unspecified atom stereocenters. The minimum absolute atomic E-state index is 0.0117. The third kappa shape index (κ3) is 5.06. The van der Waals surface area contributed by atoms with Crippen molar-refractivity contribution >= 4 is 35.1 Å². The quantitative estimate of drug-likeness (QED) is 0.558. The molecule has 0 fully saturated rings. The second-order valence-corrected chi connectivity index (χ2v) is 6.12. The topological polar surface area (TPSA) is 115 Å². The van der Waals surface area contributed by atoms with Crippen LogP contribution < -0.4 is 10.6 Å². The zero-order valence-electron chi connectivity index (χ0n) is 16.2. The van der Waals surface area contributed by atoms with Gasteiger partial charge in [0.15, 0.2) is 5.78 Å². The van der Waals surface area contributed by atoms with Crippen LogP contribution in [0.2, 0.25) is 0 Å². The molecule has 2 aromatic rings. The minimum atomic E-state index is -0.737. The van der Waals surface area contributed by atoms with Gasteiger partial charge in [0.05, 0.1) is 18.6 Å². The predicted octanol–water partition coefficient (Wildman–Crippen LogP) is 3.11. The number of ketones is 1. The Morgan fingerprint density at radius 3 is 2.18 bits per heavy atom. The average molecular weight is 386 g/mol. The summed E-state index contributed by atoms with van der Waals surface area (Å²) in [5, 5.41) is 5.17. The highest BCUT2D eigenvalue weighted by Crippen LogP contribution is 2.28. The zero-order chi connectivity index (χ0) is 20.8. The molecule has 0 aliphatic heterocycles. The van der Waals surface area contributed by atoms with Gasteiger partial charge in [-0.1, -0.05) is 12.1 Å². The maximum absolute atomic E-state index is 12.4. The first-order valence-corrected chi connectivity index (χ1v) is 8.70. The van der Waals surface area contributed by atoms with Gasteiger partial charge in [0.1, 0.15) is 11.3 Å². The molecule has 8 heteroatoms. The fourth-order valence-electron chi connectivity index (χ4n) is 2.72. The lowest BCUT2D eigenvalue weighted by Crippen LogP contribution is -2.17. The number of Topliss-reactive ketones (excluding diaryl/α,β-unsaturated/α-hetero) is 1. The summed E-state index contributed by atoms with van der Waals surface area (Å²) in [7, 11) is 0. The van der Waals surface area contributed by atoms with Gasteiger partial charge < -0.3 is 14.5 Å². The van der Waals surface area contributed by atoms with Crippen molar-refractivity contribution in [1.82, 2.24) is 0 Å². The van der Waals surface area contributed by atoms with Gasteiger partial charge in [-0.25, -0.2) is 4.79 Å². The molecule has 2 rings (SSSR count). The van der Waals surface area contributed by atoms with Crippen LogP contribution >= 0.6 is 0 Å². The van der Waals surface area contributed by atoms with E-state index < -0.39 is 11.9 Å². The molecule has 0 aliphatic carbocycles. The largest absolute Gasteiger partial charge is 0.462 e. The minimum Gasteiger partial charge on any atom is -0.462 e. The van der Waals surface area contributed by atoms with Gasteiger partial charge in [0.2, 0.25) is 17.7 Å². The van der Waals surface area contributed by atoms with Crippen LogP contribution in [0.1, 0.15) is 52.8 Å². The van der Waals surface area contributed by atoms with Crippen LogP contribution in [0, 0.1) is 6.92 Å². The lowest BCUT2D eigenvalue weighted by atomic mass is 10.1. The number of furan rings is 1. The number of ether oxygens (including phenoxy) is 1. The number of hydrogen-bond donors (Lipinski definition) is 2. The summed E-state index contributed by atoms with van der Waals surface area (Å²) < 4.78 is 10.4. The van der Waals surface area contributed by atoms with Crippen molar-refractivity contribution in [2.45, 2.75) is 34.1 Å². The molecule has 8 nitrogen and oxygen atoms in total. The SMILES string of the molecule is CCOC(=O)c1c(NC(=O)Cc2ccc(NC(C)=O)cc2)oc(C)c1C(C)=O. The standard InChI is InChI=1S/C20H22N2O6/c1-5-27-20(26)18-17(11(2)23)12(3)28-19(18)22-16(25)10-14-6-8-15(9-7-14)21-13(4)24/h6-9H,5,10H2,1-4H3,(H,21,24)(H,22,25). The van der Waals surface area contributed by atoms with E-state index in [9.17, 15) is 19.2 Å². The van der Waals surface area contributed by atoms with Crippen LogP contribution in [0.25, 0.3) is 0 Å². The molecular formula is C20H22N2O6. The first kappa shape index (κ1) is 20.9. The molecule has 2 amide bonds. The summed E-state index contributed by atoms with van der Waals surface area (Å²) in [6.45, 7) is 6.01. The molecule has 148 valence electrons. The van der Waals surface area contributed by atoms with Crippen molar-refractivity contribution in [2.75, 3.05) is 17.2 Å². The smallest absolute Gasteiger partial charge is 0.344 e. The first-order chi connectivity index (χ1) is 13.2. The number of benzene rings is 1. The van der Waals surface area contributed by atoms with Crippen molar-refractivity contribution in [3.05, 3.63) is 46.7 Å². The summed E-state index contributed by atoms with van der Waals surface area (Å²) in [6.07, 6.45) is 0.0117. The number of esters is 1. The molecule has 2 N–H and O–H groups in total. The molecule has 0 spiro atoms. The van der Waals surface area contributed by atoms with Crippen molar-refractivity contribution in [1.29, 1.82) is 0 Å². The average Bonchev–Trinajstić information content (AvgIpc) is 2.92. The van der Waals surface area contributed by atoms with E-state index in [4.69, 9.17) is 9.15 Å². The Morgan fingerprint density at radius 1 is 1.00 bits per heavy atom. The molecular weight excluding hydrogens is 364 g/mol. The molecule has 0 bridgehead atoms. The van der Waals surface area contributed by atoms with Crippen molar-refractivity contribution in [3.8, 4) is 0 Å². The van der Waals surface area contributed by atoms with E-state index in [0.717, 1.165) is 0 Å². The van der Waals surface area contributed by atoms with Crippen molar-refractivity contribution in [2.24, 2.45) is 0 Å². The molecule has 0 radical (unpaired) electrons. The summed E-state index contributed by atoms with van der Waals surface area (Å²) in [4.78, 5) is 47.6. The zero-order valence-corrected chi connectivity index (χ0v) is 16.2. The molecule has 1 aromatic carbocycles. The number of nitrogens with one attached hydrogen (secondary N) is 2. The number of amides is 2. The van der Waals surface area contributed by atoms with E-state index in [1.165, 1.54) is 20.8 Å². The van der Waals surface area contributed by atoms with Crippen molar-refractivity contribution < 1.29 is 28.3 Å². The van der Waals surface area contributed by atoms with E-state index in [1.54, 1.807) is 31.2 Å². The normalized spacial score (nSPS) is 10.3. The van der Waals surface area contributed by atoms with Crippen LogP contribution in [0.5, 0.6) is 0 Å². The highest BCUT2D eigenvalue weighted by molar-refractivity contribution is 6.10. The Kier molecular flexibility index (Phi) is 6.70. The molecule has 0 saturated heterocycles. The monoisotopic (exact) mass is 386 g/mol. The maximum atomic E-state index is 12.4. The van der Waals surface area contributed by atoms with Crippen molar-refractivity contribution in [3.63, 3.8) is 0 Å². The summed E-state index contributed by atoms with van der Waals surface area (Å²) in [6, 6.07) is 6.76. The Morgan fingerprint density at radius 2 is 1.64 bits per heavy atom. The number of hydrogen-bond acceptors (Lipinski definition) is 6. The van der Waals surface area contributed by atoms with Crippen LogP contribution in [0.15, 0.2) is 28.7 Å². The Bertz CT molecular complexity index is 912. The first-order valence-electron chi connectivity index (χ1n) is 8.70. The molecule has 1 heterocycles. The van der Waals surface area contributed by atoms with Gasteiger partial charge in [-0.3, -0.25) is 19.7 Å². The van der Waals surface area contributed by atoms with Gasteiger partial charge in [-0.2, -0.15) is 0 Å². The number of carbonyl (C=O) groups excluding carboxylic acids is 4. The van der Waals surface area contributed by atoms with Crippen LogP contribution in [0.3, 0.4) is 0 Å². The summed E-state index contributed by atoms with van der Waals surface area (Å²) in [5.74, 6) is -1.60. The van der Waals surface area contributed by atoms with Gasteiger partial charge in [-0.05, 0) is 38.5 Å². The summed E-state index contributed by atoms with van der Waals surface area (Å²) >= 11 is 0. The number of rotatable bonds is 7. The fourth-order valence-corrected chi connectivity index (χ4v) is 2.72. The molecule has 0 atom stereocenters. The van der Waals surface area contributed by atoms with Gasteiger partial charge in [0.25, 0.3) is 0 Å². The Hall–Kier alpha value is -3.42. The number of carbonyl (C=O) groups is 4. The van der Waals surface area contributed by atoms with Crippen LogP contribution in [-0.4, -0.2) is 30.2 Å². The highest BCUT2D eigenvalue weighted by Gasteiger charge is 2.28. The maximum Gasteiger partial charge on any atom is 0.344 e. The molecule has 0 saturated carbocycles. The van der Waals surface area contributed by atoms with Gasteiger partial charge >= 0.3 is 5.97 Å². The highest BCUT2D eigenvalue weighted by atomic mass is 16.5. The number of aryl methyl sites for hydroxylation is 1. The third-order valence-corrected chi connectivity index (χ3v) is 3.81. The van der Waals surface area contributed by atoms with E-state index >= 15 is 0 Å². The number of anilines is 2. The lowest BCUT2D eigenvalue weighted by molar-refractivity contribution is -0.116.